The number of pyridine rings is 1. The molecule has 2 heterocycles. The number of hydrogen-bond acceptors (Lipinski definition) is 3. The Hall–Kier alpha value is -0.890. The molecule has 0 saturated carbocycles. The highest BCUT2D eigenvalue weighted by molar-refractivity contribution is 14.1. The highest BCUT2D eigenvalue weighted by Gasteiger charge is 2.17. The van der Waals surface area contributed by atoms with Crippen LogP contribution in [0.25, 0.3) is 5.65 Å². The smallest absolute Gasteiger partial charge is 0.350 e. The fraction of sp³-hybridized carbons (Fsp3) is 0.400. The minimum absolute atomic E-state index is 0.185. The average Bonchev–Trinajstić information content (AvgIpc) is 2.40. The summed E-state index contributed by atoms with van der Waals surface area (Å²) in [7, 11) is 0. The molecular formula is C10H12IN3O2. The average molecular weight is 333 g/mol. The van der Waals surface area contributed by atoms with Crippen LogP contribution in [0.4, 0.5) is 0 Å². The monoisotopic (exact) mass is 333 g/mol. The van der Waals surface area contributed by atoms with Crippen LogP contribution in [-0.4, -0.2) is 24.9 Å². The number of hydrogen-bond donors (Lipinski definition) is 1. The van der Waals surface area contributed by atoms with E-state index in [-0.39, 0.29) is 12.2 Å². The Bertz CT molecular complexity index is 580. The largest absolute Gasteiger partial charge is 0.389 e. The summed E-state index contributed by atoms with van der Waals surface area (Å²) < 4.78 is 3.77. The molecule has 0 fully saturated rings. The number of fused-ring (bicyclic) bond motifs is 1. The van der Waals surface area contributed by atoms with Crippen molar-refractivity contribution in [3.8, 4) is 0 Å². The third kappa shape index (κ3) is 2.27. The third-order valence-electron chi connectivity index (χ3n) is 2.08. The zero-order valence-corrected chi connectivity index (χ0v) is 11.2. The number of halogens is 1. The Morgan fingerprint density at radius 2 is 2.25 bits per heavy atom. The van der Waals surface area contributed by atoms with E-state index in [1.807, 2.05) is 12.1 Å². The molecule has 0 aliphatic carbocycles. The number of nitrogens with zero attached hydrogens (tertiary/aromatic N) is 3. The maximum absolute atomic E-state index is 11.9. The lowest BCUT2D eigenvalue weighted by atomic mass is 10.1. The lowest BCUT2D eigenvalue weighted by molar-refractivity contribution is 0.0566. The first-order valence-corrected chi connectivity index (χ1v) is 5.92. The van der Waals surface area contributed by atoms with E-state index in [0.717, 1.165) is 3.57 Å². The summed E-state index contributed by atoms with van der Waals surface area (Å²) in [6.45, 7) is 3.48. The van der Waals surface area contributed by atoms with Gasteiger partial charge in [0.1, 0.15) is 0 Å². The van der Waals surface area contributed by atoms with Gasteiger partial charge in [-0.1, -0.05) is 0 Å². The van der Waals surface area contributed by atoms with E-state index in [1.165, 1.54) is 9.08 Å². The molecule has 0 aromatic carbocycles. The van der Waals surface area contributed by atoms with Gasteiger partial charge in [-0.05, 0) is 48.6 Å². The van der Waals surface area contributed by atoms with Crippen LogP contribution in [-0.2, 0) is 6.54 Å². The first kappa shape index (κ1) is 11.6. The van der Waals surface area contributed by atoms with Crippen molar-refractivity contribution in [2.45, 2.75) is 26.0 Å². The summed E-state index contributed by atoms with van der Waals surface area (Å²) in [5, 5.41) is 13.8. The highest BCUT2D eigenvalue weighted by atomic mass is 127. The molecule has 0 bridgehead atoms. The summed E-state index contributed by atoms with van der Waals surface area (Å²) in [4.78, 5) is 11.9. The van der Waals surface area contributed by atoms with E-state index in [1.54, 1.807) is 20.0 Å². The van der Waals surface area contributed by atoms with Crippen LogP contribution in [0.5, 0.6) is 0 Å². The molecule has 0 unspecified atom stereocenters. The van der Waals surface area contributed by atoms with Crippen molar-refractivity contribution < 1.29 is 5.11 Å². The van der Waals surface area contributed by atoms with Crippen LogP contribution in [0.1, 0.15) is 13.8 Å². The molecule has 6 heteroatoms. The quantitative estimate of drug-likeness (QED) is 0.830. The van der Waals surface area contributed by atoms with Gasteiger partial charge in [0.2, 0.25) is 0 Å². The summed E-state index contributed by atoms with van der Waals surface area (Å²) >= 11 is 2.16. The number of aromatic nitrogens is 3. The van der Waals surface area contributed by atoms with E-state index in [0.29, 0.717) is 5.65 Å². The topological polar surface area (TPSA) is 59.5 Å². The van der Waals surface area contributed by atoms with Gasteiger partial charge in [0, 0.05) is 9.77 Å². The maximum atomic E-state index is 11.9. The second-order valence-electron chi connectivity index (χ2n) is 4.33. The van der Waals surface area contributed by atoms with Gasteiger partial charge in [0.25, 0.3) is 0 Å². The molecule has 86 valence electrons. The Kier molecular flexibility index (Phi) is 2.79. The van der Waals surface area contributed by atoms with Gasteiger partial charge < -0.3 is 5.11 Å². The summed E-state index contributed by atoms with van der Waals surface area (Å²) in [6, 6.07) is 3.66. The predicted octanol–water partition coefficient (Wildman–Crippen LogP) is 0.872. The van der Waals surface area contributed by atoms with Gasteiger partial charge in [-0.3, -0.25) is 4.40 Å². The molecule has 1 N–H and O–H groups in total. The van der Waals surface area contributed by atoms with Gasteiger partial charge in [-0.25, -0.2) is 9.48 Å². The third-order valence-corrected chi connectivity index (χ3v) is 2.75. The number of rotatable bonds is 2. The second kappa shape index (κ2) is 3.85. The van der Waals surface area contributed by atoms with Gasteiger partial charge in [0.05, 0.1) is 12.1 Å². The molecule has 5 nitrogen and oxygen atoms in total. The van der Waals surface area contributed by atoms with E-state index < -0.39 is 5.60 Å². The summed E-state index contributed by atoms with van der Waals surface area (Å²) in [5.41, 5.74) is -0.579. The molecule has 2 aromatic heterocycles. The molecule has 0 spiro atoms. The van der Waals surface area contributed by atoms with E-state index in [9.17, 15) is 9.90 Å². The number of aliphatic hydroxyl groups is 1. The highest BCUT2D eigenvalue weighted by Crippen LogP contribution is 2.07. The van der Waals surface area contributed by atoms with Crippen LogP contribution >= 0.6 is 22.6 Å². The van der Waals surface area contributed by atoms with Gasteiger partial charge in [-0.2, -0.15) is 0 Å². The molecule has 2 aromatic rings. The summed E-state index contributed by atoms with van der Waals surface area (Å²) in [6.07, 6.45) is 1.69. The molecule has 0 amide bonds. The van der Waals surface area contributed by atoms with Crippen molar-refractivity contribution in [3.63, 3.8) is 0 Å². The Balaban J connectivity index is 2.56. The molecule has 0 atom stereocenters. The van der Waals surface area contributed by atoms with Crippen molar-refractivity contribution in [1.29, 1.82) is 0 Å². The van der Waals surface area contributed by atoms with Crippen molar-refractivity contribution in [2.75, 3.05) is 0 Å². The minimum atomic E-state index is -0.949. The molecule has 2 rings (SSSR count). The van der Waals surface area contributed by atoms with Crippen LogP contribution in [0, 0.1) is 3.57 Å². The standard InChI is InChI=1S/C10H12IN3O2/c1-10(2,16)6-14-9(15)13-4-3-7(11)5-8(13)12-14/h3-5,16H,6H2,1-2H3. The first-order chi connectivity index (χ1) is 7.37. The minimum Gasteiger partial charge on any atom is -0.389 e. The van der Waals surface area contributed by atoms with E-state index in [4.69, 9.17) is 0 Å². The predicted molar refractivity (Wildman–Crippen MR) is 68.5 cm³/mol. The Labute approximate surface area is 106 Å². The fourth-order valence-electron chi connectivity index (χ4n) is 1.46. The van der Waals surface area contributed by atoms with Crippen molar-refractivity contribution in [2.24, 2.45) is 0 Å². The van der Waals surface area contributed by atoms with E-state index >= 15 is 0 Å². The second-order valence-corrected chi connectivity index (χ2v) is 5.57. The first-order valence-electron chi connectivity index (χ1n) is 4.84. The lowest BCUT2D eigenvalue weighted by Crippen LogP contribution is -2.33. The molecule has 0 aliphatic rings. The van der Waals surface area contributed by atoms with Crippen molar-refractivity contribution >= 4 is 28.2 Å². The molecular weight excluding hydrogens is 321 g/mol. The zero-order valence-electron chi connectivity index (χ0n) is 9.01. The van der Waals surface area contributed by atoms with Crippen molar-refractivity contribution in [3.05, 3.63) is 32.4 Å². The fourth-order valence-corrected chi connectivity index (χ4v) is 1.90. The van der Waals surface area contributed by atoms with E-state index in [2.05, 4.69) is 27.7 Å². The van der Waals surface area contributed by atoms with Gasteiger partial charge in [-0.15, -0.1) is 5.10 Å². The maximum Gasteiger partial charge on any atom is 0.350 e. The van der Waals surface area contributed by atoms with Gasteiger partial charge in [0.15, 0.2) is 5.65 Å². The molecule has 0 saturated heterocycles. The van der Waals surface area contributed by atoms with Crippen molar-refractivity contribution in [1.82, 2.24) is 14.2 Å². The van der Waals surface area contributed by atoms with Gasteiger partial charge >= 0.3 is 5.69 Å². The van der Waals surface area contributed by atoms with Crippen LogP contribution in [0.2, 0.25) is 0 Å². The molecule has 16 heavy (non-hydrogen) atoms. The van der Waals surface area contributed by atoms with Crippen LogP contribution in [0.3, 0.4) is 0 Å². The van der Waals surface area contributed by atoms with Crippen LogP contribution < -0.4 is 5.69 Å². The summed E-state index contributed by atoms with van der Waals surface area (Å²) in [5.74, 6) is 0. The molecule has 0 radical (unpaired) electrons. The van der Waals surface area contributed by atoms with Crippen LogP contribution in [0.15, 0.2) is 23.1 Å². The Morgan fingerprint density at radius 3 is 2.88 bits per heavy atom. The normalized spacial score (nSPS) is 12.2. The Morgan fingerprint density at radius 1 is 1.56 bits per heavy atom. The zero-order chi connectivity index (χ0) is 11.9. The molecule has 0 aliphatic heterocycles. The lowest BCUT2D eigenvalue weighted by Gasteiger charge is -2.15. The SMILES string of the molecule is CC(C)(O)Cn1nc2cc(I)ccn2c1=O.